The van der Waals surface area contributed by atoms with E-state index in [0.29, 0.717) is 41.5 Å². The maximum Gasteiger partial charge on any atom is 0.242 e. The molecule has 1 aromatic carbocycles. The third kappa shape index (κ3) is 3.22. The number of nitrogens with zero attached hydrogens (tertiary/aromatic N) is 5. The predicted octanol–water partition coefficient (Wildman–Crippen LogP) is 3.88. The Morgan fingerprint density at radius 2 is 2.07 bits per heavy atom. The number of fused-ring (bicyclic) bond motifs is 3. The second-order valence-electron chi connectivity index (χ2n) is 6.95. The molecule has 4 aromatic rings. The molecule has 0 unspecified atom stereocenters. The van der Waals surface area contributed by atoms with Crippen LogP contribution in [0.15, 0.2) is 28.9 Å². The summed E-state index contributed by atoms with van der Waals surface area (Å²) in [6, 6.07) is 3.87. The zero-order valence-corrected chi connectivity index (χ0v) is 17.2. The van der Waals surface area contributed by atoms with Gasteiger partial charge in [-0.1, -0.05) is 29.3 Å². The van der Waals surface area contributed by atoms with E-state index in [4.69, 9.17) is 32.4 Å². The van der Waals surface area contributed by atoms with Gasteiger partial charge in [0.15, 0.2) is 0 Å². The summed E-state index contributed by atoms with van der Waals surface area (Å²) in [7, 11) is 1.60. The predicted molar refractivity (Wildman–Crippen MR) is 109 cm³/mol. The smallest absolute Gasteiger partial charge is 0.242 e. The van der Waals surface area contributed by atoms with Gasteiger partial charge in [0.05, 0.1) is 28.3 Å². The lowest BCUT2D eigenvalue weighted by Crippen LogP contribution is -2.33. The van der Waals surface area contributed by atoms with E-state index >= 15 is 0 Å². The van der Waals surface area contributed by atoms with Gasteiger partial charge in [0.2, 0.25) is 11.8 Å². The van der Waals surface area contributed by atoms with E-state index in [2.05, 4.69) is 29.9 Å². The lowest BCUT2D eigenvalue weighted by molar-refractivity contribution is 0.151. The van der Waals surface area contributed by atoms with Gasteiger partial charge < -0.3 is 13.7 Å². The Labute approximate surface area is 176 Å². The number of ether oxygens (including phenoxy) is 1. The van der Waals surface area contributed by atoms with E-state index in [0.717, 1.165) is 40.8 Å². The van der Waals surface area contributed by atoms with Crippen molar-refractivity contribution in [1.29, 1.82) is 0 Å². The number of aromatic nitrogens is 5. The molecular weight excluding hydrogens is 415 g/mol. The zero-order chi connectivity index (χ0) is 20.0. The Balaban J connectivity index is 1.54. The SMILES string of the molecule is COCc1nnc(CN2CCn3c(c(-c4cn[nH]c4)c4ccc(Cl)c(Cl)c43)C2)o1. The van der Waals surface area contributed by atoms with Crippen LogP contribution in [-0.4, -0.2) is 43.5 Å². The number of rotatable bonds is 5. The second-order valence-corrected chi connectivity index (χ2v) is 7.74. The average Bonchev–Trinajstić information content (AvgIpc) is 3.44. The lowest BCUT2D eigenvalue weighted by Gasteiger charge is -2.28. The van der Waals surface area contributed by atoms with Gasteiger partial charge in [-0.05, 0) is 6.07 Å². The molecule has 0 amide bonds. The van der Waals surface area contributed by atoms with Gasteiger partial charge in [0, 0.05) is 55.1 Å². The Hall–Kier alpha value is -2.39. The molecule has 1 aliphatic rings. The number of nitrogens with one attached hydrogen (secondary N) is 1. The second kappa shape index (κ2) is 7.46. The highest BCUT2D eigenvalue weighted by atomic mass is 35.5. The van der Waals surface area contributed by atoms with Crippen molar-refractivity contribution in [1.82, 2.24) is 29.9 Å². The van der Waals surface area contributed by atoms with Crippen molar-refractivity contribution < 1.29 is 9.15 Å². The van der Waals surface area contributed by atoms with Gasteiger partial charge in [0.25, 0.3) is 0 Å². The Morgan fingerprint density at radius 1 is 1.21 bits per heavy atom. The van der Waals surface area contributed by atoms with Crippen LogP contribution >= 0.6 is 23.2 Å². The summed E-state index contributed by atoms with van der Waals surface area (Å²) in [4.78, 5) is 2.28. The van der Waals surface area contributed by atoms with E-state index < -0.39 is 0 Å². The highest BCUT2D eigenvalue weighted by Gasteiger charge is 2.27. The molecule has 0 aliphatic carbocycles. The van der Waals surface area contributed by atoms with E-state index in [9.17, 15) is 0 Å². The highest BCUT2D eigenvalue weighted by molar-refractivity contribution is 6.45. The average molecular weight is 433 g/mol. The van der Waals surface area contributed by atoms with Crippen LogP contribution in [0.4, 0.5) is 0 Å². The standard InChI is InChI=1S/C19H18Cl2N6O2/c1-28-10-16-25-24-15(29-16)9-26-4-5-27-14(8-26)17(11-6-22-23-7-11)12-2-3-13(20)18(21)19(12)27/h2-3,6-7H,4-5,8-10H2,1H3,(H,22,23). The molecule has 0 saturated carbocycles. The molecule has 10 heteroatoms. The van der Waals surface area contributed by atoms with Crippen LogP contribution in [0.3, 0.4) is 0 Å². The molecule has 0 atom stereocenters. The summed E-state index contributed by atoms with van der Waals surface area (Å²) >= 11 is 12.9. The first-order valence-electron chi connectivity index (χ1n) is 9.16. The largest absolute Gasteiger partial charge is 0.421 e. The van der Waals surface area contributed by atoms with Crippen molar-refractivity contribution in [2.24, 2.45) is 0 Å². The van der Waals surface area contributed by atoms with Crippen LogP contribution in [0.2, 0.25) is 10.0 Å². The Bertz CT molecular complexity index is 1170. The van der Waals surface area contributed by atoms with Gasteiger partial charge in [-0.25, -0.2) is 0 Å². The molecule has 29 heavy (non-hydrogen) atoms. The number of benzene rings is 1. The fourth-order valence-electron chi connectivity index (χ4n) is 3.94. The molecule has 0 fully saturated rings. The van der Waals surface area contributed by atoms with Crippen molar-refractivity contribution in [2.45, 2.75) is 26.2 Å². The number of hydrogen-bond acceptors (Lipinski definition) is 6. The van der Waals surface area contributed by atoms with Crippen LogP contribution in [0.5, 0.6) is 0 Å². The summed E-state index contributed by atoms with van der Waals surface area (Å²) in [5.74, 6) is 1.06. The van der Waals surface area contributed by atoms with Crippen LogP contribution in [-0.2, 0) is 31.0 Å². The summed E-state index contributed by atoms with van der Waals surface area (Å²) in [5, 5.41) is 17.4. The topological polar surface area (TPSA) is 85.0 Å². The summed E-state index contributed by atoms with van der Waals surface area (Å²) in [6.07, 6.45) is 3.72. The molecule has 0 bridgehead atoms. The number of aromatic amines is 1. The molecule has 3 aromatic heterocycles. The fraction of sp³-hybridized carbons (Fsp3) is 0.316. The van der Waals surface area contributed by atoms with E-state index in [1.165, 1.54) is 0 Å². The zero-order valence-electron chi connectivity index (χ0n) is 15.7. The monoisotopic (exact) mass is 432 g/mol. The van der Waals surface area contributed by atoms with Crippen molar-refractivity contribution >= 4 is 34.1 Å². The summed E-state index contributed by atoms with van der Waals surface area (Å²) < 4.78 is 13.0. The number of H-pyrrole nitrogens is 1. The lowest BCUT2D eigenvalue weighted by atomic mass is 10.0. The van der Waals surface area contributed by atoms with Crippen LogP contribution in [0.25, 0.3) is 22.0 Å². The summed E-state index contributed by atoms with van der Waals surface area (Å²) in [6.45, 7) is 3.20. The van der Waals surface area contributed by atoms with Crippen LogP contribution in [0, 0.1) is 0 Å². The van der Waals surface area contributed by atoms with Gasteiger partial charge in [-0.15, -0.1) is 10.2 Å². The molecule has 0 saturated heterocycles. The van der Waals surface area contributed by atoms with Crippen molar-refractivity contribution in [2.75, 3.05) is 13.7 Å². The molecular formula is C19H18Cl2N6O2. The molecule has 5 rings (SSSR count). The maximum absolute atomic E-state index is 6.60. The van der Waals surface area contributed by atoms with Gasteiger partial charge in [0.1, 0.15) is 6.61 Å². The van der Waals surface area contributed by atoms with E-state index in [1.54, 1.807) is 7.11 Å². The molecule has 4 heterocycles. The highest BCUT2D eigenvalue weighted by Crippen LogP contribution is 2.42. The Kier molecular flexibility index (Phi) is 4.79. The number of halogens is 2. The number of hydrogen-bond donors (Lipinski definition) is 1. The van der Waals surface area contributed by atoms with Crippen molar-refractivity contribution in [3.8, 4) is 11.1 Å². The van der Waals surface area contributed by atoms with E-state index in [-0.39, 0.29) is 0 Å². The Morgan fingerprint density at radius 3 is 2.86 bits per heavy atom. The maximum atomic E-state index is 6.60. The minimum Gasteiger partial charge on any atom is -0.421 e. The first-order chi connectivity index (χ1) is 14.2. The minimum absolute atomic E-state index is 0.311. The molecule has 1 N–H and O–H groups in total. The molecule has 0 radical (unpaired) electrons. The molecule has 150 valence electrons. The van der Waals surface area contributed by atoms with Crippen LogP contribution in [0.1, 0.15) is 17.5 Å². The normalized spacial score (nSPS) is 14.6. The fourth-order valence-corrected chi connectivity index (χ4v) is 4.36. The van der Waals surface area contributed by atoms with E-state index in [1.807, 2.05) is 24.5 Å². The first-order valence-corrected chi connectivity index (χ1v) is 9.92. The third-order valence-electron chi connectivity index (χ3n) is 5.16. The molecule has 0 spiro atoms. The van der Waals surface area contributed by atoms with Crippen molar-refractivity contribution in [3.05, 3.63) is 52.0 Å². The molecule has 1 aliphatic heterocycles. The first kappa shape index (κ1) is 18.6. The minimum atomic E-state index is 0.311. The quantitative estimate of drug-likeness (QED) is 0.514. The van der Waals surface area contributed by atoms with Gasteiger partial charge in [-0.2, -0.15) is 5.10 Å². The summed E-state index contributed by atoms with van der Waals surface area (Å²) in [5.41, 5.74) is 4.26. The van der Waals surface area contributed by atoms with Gasteiger partial charge >= 0.3 is 0 Å². The van der Waals surface area contributed by atoms with Crippen molar-refractivity contribution in [3.63, 3.8) is 0 Å². The number of methoxy groups -OCH3 is 1. The van der Waals surface area contributed by atoms with Crippen LogP contribution < -0.4 is 0 Å². The van der Waals surface area contributed by atoms with Gasteiger partial charge in [-0.3, -0.25) is 10.00 Å². The third-order valence-corrected chi connectivity index (χ3v) is 5.95. The molecule has 8 nitrogen and oxygen atoms in total.